The maximum absolute atomic E-state index is 12.4. The van der Waals surface area contributed by atoms with E-state index < -0.39 is 0 Å². The van der Waals surface area contributed by atoms with Gasteiger partial charge in [-0.05, 0) is 43.2 Å². The van der Waals surface area contributed by atoms with Gasteiger partial charge in [0.15, 0.2) is 22.5 Å². The highest BCUT2D eigenvalue weighted by Gasteiger charge is 2.21. The van der Waals surface area contributed by atoms with Gasteiger partial charge in [-0.1, -0.05) is 17.8 Å². The van der Waals surface area contributed by atoms with Crippen LogP contribution >= 0.6 is 11.8 Å². The number of methoxy groups -OCH3 is 1. The van der Waals surface area contributed by atoms with Crippen molar-refractivity contribution >= 4 is 23.4 Å². The predicted molar refractivity (Wildman–Crippen MR) is 124 cm³/mol. The van der Waals surface area contributed by atoms with Crippen molar-refractivity contribution in [3.05, 3.63) is 41.5 Å². The van der Waals surface area contributed by atoms with Crippen molar-refractivity contribution in [3.63, 3.8) is 0 Å². The molecule has 0 bridgehead atoms. The number of benzene rings is 2. The van der Waals surface area contributed by atoms with Gasteiger partial charge in [0, 0.05) is 25.2 Å². The molecule has 2 aromatic carbocycles. The molecule has 0 unspecified atom stereocenters. The fourth-order valence-electron chi connectivity index (χ4n) is 3.36. The molecule has 1 aromatic heterocycles. The Kier molecular flexibility index (Phi) is 6.55. The van der Waals surface area contributed by atoms with Crippen molar-refractivity contribution in [3.8, 4) is 28.6 Å². The van der Waals surface area contributed by atoms with E-state index in [0.717, 1.165) is 23.2 Å². The van der Waals surface area contributed by atoms with Crippen molar-refractivity contribution in [1.29, 1.82) is 0 Å². The first-order chi connectivity index (χ1) is 15.5. The molecular formula is C23H26N4O4S. The number of thioether (sulfide) groups is 1. The standard InChI is InChI=1S/C23H26N4O4S/c1-14-6-7-16(10-15(14)2)24-21(28)13-32-23-26-25-22(27(23)3)17-11-19-20(12-18(17)29-4)31-9-5-8-30-19/h6-7,10-12H,5,8-9,13H2,1-4H3,(H,24,28). The zero-order valence-electron chi connectivity index (χ0n) is 18.6. The number of rotatable bonds is 6. The molecule has 0 saturated carbocycles. The van der Waals surface area contributed by atoms with Crippen LogP contribution in [0.5, 0.6) is 17.2 Å². The number of anilines is 1. The summed E-state index contributed by atoms with van der Waals surface area (Å²) in [4.78, 5) is 12.4. The van der Waals surface area contributed by atoms with Crippen LogP contribution in [0.25, 0.3) is 11.4 Å². The topological polar surface area (TPSA) is 87.5 Å². The van der Waals surface area contributed by atoms with Gasteiger partial charge in [-0.2, -0.15) is 0 Å². The predicted octanol–water partition coefficient (Wildman–Crippen LogP) is 4.00. The van der Waals surface area contributed by atoms with E-state index in [4.69, 9.17) is 14.2 Å². The maximum atomic E-state index is 12.4. The van der Waals surface area contributed by atoms with Gasteiger partial charge < -0.3 is 24.1 Å². The average molecular weight is 455 g/mol. The summed E-state index contributed by atoms with van der Waals surface area (Å²) in [7, 11) is 3.47. The number of fused-ring (bicyclic) bond motifs is 1. The van der Waals surface area contributed by atoms with Crippen molar-refractivity contribution in [2.45, 2.75) is 25.4 Å². The molecule has 1 amide bonds. The van der Waals surface area contributed by atoms with Gasteiger partial charge in [-0.3, -0.25) is 4.79 Å². The van der Waals surface area contributed by atoms with Crippen LogP contribution in [0.1, 0.15) is 17.5 Å². The highest BCUT2D eigenvalue weighted by atomic mass is 32.2. The van der Waals surface area contributed by atoms with Gasteiger partial charge in [0.25, 0.3) is 0 Å². The highest BCUT2D eigenvalue weighted by Crippen LogP contribution is 2.41. The van der Waals surface area contributed by atoms with Crippen LogP contribution in [0.4, 0.5) is 5.69 Å². The lowest BCUT2D eigenvalue weighted by molar-refractivity contribution is -0.113. The summed E-state index contributed by atoms with van der Waals surface area (Å²) in [6.07, 6.45) is 0.821. The first-order valence-electron chi connectivity index (χ1n) is 10.3. The molecule has 32 heavy (non-hydrogen) atoms. The minimum absolute atomic E-state index is 0.101. The van der Waals surface area contributed by atoms with Crippen LogP contribution in [0, 0.1) is 13.8 Å². The summed E-state index contributed by atoms with van der Waals surface area (Å²) < 4.78 is 19.0. The first-order valence-corrected chi connectivity index (χ1v) is 11.3. The molecule has 1 aliphatic heterocycles. The van der Waals surface area contributed by atoms with E-state index in [9.17, 15) is 4.79 Å². The molecule has 0 radical (unpaired) electrons. The molecule has 0 aliphatic carbocycles. The largest absolute Gasteiger partial charge is 0.496 e. The van der Waals surface area contributed by atoms with Gasteiger partial charge in [0.1, 0.15) is 5.75 Å². The SMILES string of the molecule is COc1cc2c(cc1-c1nnc(SCC(=O)Nc3ccc(C)c(C)c3)n1C)OCCCO2. The number of hydrogen-bond donors (Lipinski definition) is 1. The second-order valence-electron chi connectivity index (χ2n) is 7.55. The molecule has 0 atom stereocenters. The molecule has 0 fully saturated rings. The second-order valence-corrected chi connectivity index (χ2v) is 8.49. The Morgan fingerprint density at radius 2 is 1.88 bits per heavy atom. The van der Waals surface area contributed by atoms with Crippen LogP contribution in [-0.2, 0) is 11.8 Å². The van der Waals surface area contributed by atoms with Crippen LogP contribution in [0.15, 0.2) is 35.5 Å². The van der Waals surface area contributed by atoms with Crippen molar-refractivity contribution in [2.75, 3.05) is 31.4 Å². The zero-order valence-corrected chi connectivity index (χ0v) is 19.4. The minimum atomic E-state index is -0.101. The molecule has 9 heteroatoms. The monoisotopic (exact) mass is 454 g/mol. The Balaban J connectivity index is 1.49. The van der Waals surface area contributed by atoms with Gasteiger partial charge in [0.05, 0.1) is 31.6 Å². The lowest BCUT2D eigenvalue weighted by atomic mass is 10.1. The van der Waals surface area contributed by atoms with Gasteiger partial charge in [0.2, 0.25) is 5.91 Å². The van der Waals surface area contributed by atoms with Crippen LogP contribution in [0.3, 0.4) is 0 Å². The van der Waals surface area contributed by atoms with E-state index in [0.29, 0.717) is 41.4 Å². The Bertz CT molecular complexity index is 1150. The third-order valence-electron chi connectivity index (χ3n) is 5.27. The number of ether oxygens (including phenoxy) is 3. The number of carbonyl (C=O) groups excluding carboxylic acids is 1. The molecule has 2 heterocycles. The Hall–Kier alpha value is -3.20. The molecular weight excluding hydrogens is 428 g/mol. The normalized spacial score (nSPS) is 12.9. The van der Waals surface area contributed by atoms with Gasteiger partial charge in [-0.15, -0.1) is 10.2 Å². The number of nitrogens with zero attached hydrogens (tertiary/aromatic N) is 3. The first kappa shape index (κ1) is 22.0. The Morgan fingerprint density at radius 1 is 1.12 bits per heavy atom. The van der Waals surface area contributed by atoms with E-state index in [1.165, 1.54) is 17.3 Å². The number of aryl methyl sites for hydroxylation is 2. The molecule has 3 aromatic rings. The number of hydrogen-bond acceptors (Lipinski definition) is 7. The second kappa shape index (κ2) is 9.52. The van der Waals surface area contributed by atoms with Crippen molar-refractivity contribution < 1.29 is 19.0 Å². The highest BCUT2D eigenvalue weighted by molar-refractivity contribution is 7.99. The lowest BCUT2D eigenvalue weighted by Gasteiger charge is -2.13. The molecule has 168 valence electrons. The molecule has 0 spiro atoms. The summed E-state index contributed by atoms with van der Waals surface area (Å²) in [6.45, 7) is 5.26. The van der Waals surface area contributed by atoms with Gasteiger partial charge >= 0.3 is 0 Å². The molecule has 4 rings (SSSR count). The van der Waals surface area contributed by atoms with Crippen molar-refractivity contribution in [2.24, 2.45) is 7.05 Å². The average Bonchev–Trinajstić information content (AvgIpc) is 2.99. The number of nitrogens with one attached hydrogen (secondary N) is 1. The number of aromatic nitrogens is 3. The summed E-state index contributed by atoms with van der Waals surface area (Å²) in [5, 5.41) is 12.2. The zero-order chi connectivity index (χ0) is 22.7. The summed E-state index contributed by atoms with van der Waals surface area (Å²) in [6, 6.07) is 9.55. The summed E-state index contributed by atoms with van der Waals surface area (Å²) in [5.41, 5.74) is 3.86. The Labute approximate surface area is 191 Å². The maximum Gasteiger partial charge on any atom is 0.234 e. The minimum Gasteiger partial charge on any atom is -0.496 e. The summed E-state index contributed by atoms with van der Waals surface area (Å²) in [5.74, 6) is 2.67. The molecule has 1 aliphatic rings. The Morgan fingerprint density at radius 3 is 2.59 bits per heavy atom. The number of amides is 1. The fourth-order valence-corrected chi connectivity index (χ4v) is 4.07. The smallest absolute Gasteiger partial charge is 0.234 e. The van der Waals surface area contributed by atoms with E-state index in [-0.39, 0.29) is 11.7 Å². The van der Waals surface area contributed by atoms with Crippen molar-refractivity contribution in [1.82, 2.24) is 14.8 Å². The third kappa shape index (κ3) is 4.67. The summed E-state index contributed by atoms with van der Waals surface area (Å²) >= 11 is 1.32. The lowest BCUT2D eigenvalue weighted by Crippen LogP contribution is -2.14. The van der Waals surface area contributed by atoms with E-state index in [1.54, 1.807) is 7.11 Å². The van der Waals surface area contributed by atoms with Crippen LogP contribution in [0.2, 0.25) is 0 Å². The molecule has 0 saturated heterocycles. The van der Waals surface area contributed by atoms with E-state index in [1.807, 2.05) is 55.8 Å². The fraction of sp³-hybridized carbons (Fsp3) is 0.348. The van der Waals surface area contributed by atoms with E-state index >= 15 is 0 Å². The van der Waals surface area contributed by atoms with Gasteiger partial charge in [-0.25, -0.2) is 0 Å². The molecule has 1 N–H and O–H groups in total. The van der Waals surface area contributed by atoms with Crippen LogP contribution < -0.4 is 19.5 Å². The van der Waals surface area contributed by atoms with E-state index in [2.05, 4.69) is 15.5 Å². The number of carbonyl (C=O) groups is 1. The van der Waals surface area contributed by atoms with Crippen LogP contribution in [-0.4, -0.2) is 46.7 Å². The third-order valence-corrected chi connectivity index (χ3v) is 6.29. The quantitative estimate of drug-likeness (QED) is 0.563. The molecule has 8 nitrogen and oxygen atoms in total.